The maximum absolute atomic E-state index is 12.6. The Morgan fingerprint density at radius 1 is 1.24 bits per heavy atom. The second-order valence-corrected chi connectivity index (χ2v) is 4.52. The molecule has 0 saturated carbocycles. The monoisotopic (exact) mass is 248 g/mol. The predicted octanol–water partition coefficient (Wildman–Crippen LogP) is 3.03. The van der Waals surface area contributed by atoms with Crippen molar-refractivity contribution >= 4 is 0 Å². The van der Waals surface area contributed by atoms with Gasteiger partial charge in [0.2, 0.25) is 0 Å². The molecule has 0 spiro atoms. The van der Waals surface area contributed by atoms with Crippen LogP contribution in [0.25, 0.3) is 0 Å². The second kappa shape index (κ2) is 4.56. The molecule has 1 aromatic carbocycles. The number of alkyl halides is 3. The van der Waals surface area contributed by atoms with Crippen LogP contribution >= 0.6 is 0 Å². The number of benzene rings is 1. The van der Waals surface area contributed by atoms with Crippen molar-refractivity contribution in [3.63, 3.8) is 0 Å². The van der Waals surface area contributed by atoms with Gasteiger partial charge in [0.15, 0.2) is 0 Å². The summed E-state index contributed by atoms with van der Waals surface area (Å²) >= 11 is 0. The molecule has 2 nitrogen and oxygen atoms in total. The van der Waals surface area contributed by atoms with Gasteiger partial charge in [0.05, 0.1) is 18.3 Å². The van der Waals surface area contributed by atoms with Crippen LogP contribution in [0.5, 0.6) is 5.75 Å². The standard InChI is InChI=1S/C12H15F3O2/c1-11(2,16)7-8-4-5-9(12(13,14)15)10(6-8)17-3/h4-6,16H,7H2,1-3H3. The van der Waals surface area contributed by atoms with Gasteiger partial charge in [0.25, 0.3) is 0 Å². The van der Waals surface area contributed by atoms with Crippen LogP contribution in [0.15, 0.2) is 18.2 Å². The van der Waals surface area contributed by atoms with Crippen LogP contribution in [0, 0.1) is 0 Å². The summed E-state index contributed by atoms with van der Waals surface area (Å²) in [6, 6.07) is 3.63. The summed E-state index contributed by atoms with van der Waals surface area (Å²) in [5.74, 6) is -0.223. The van der Waals surface area contributed by atoms with Crippen molar-refractivity contribution in [2.75, 3.05) is 7.11 Å². The molecule has 0 atom stereocenters. The maximum Gasteiger partial charge on any atom is 0.419 e. The molecular weight excluding hydrogens is 233 g/mol. The van der Waals surface area contributed by atoms with Crippen LogP contribution < -0.4 is 4.74 Å². The van der Waals surface area contributed by atoms with Gasteiger partial charge >= 0.3 is 6.18 Å². The van der Waals surface area contributed by atoms with Crippen LogP contribution in [0.2, 0.25) is 0 Å². The quantitative estimate of drug-likeness (QED) is 0.890. The SMILES string of the molecule is COc1cc(CC(C)(C)O)ccc1C(F)(F)F. The van der Waals surface area contributed by atoms with Crippen LogP contribution in [0.4, 0.5) is 13.2 Å². The van der Waals surface area contributed by atoms with Gasteiger partial charge in [-0.05, 0) is 31.5 Å². The second-order valence-electron chi connectivity index (χ2n) is 4.52. The van der Waals surface area contributed by atoms with E-state index < -0.39 is 17.3 Å². The molecule has 0 aliphatic carbocycles. The average molecular weight is 248 g/mol. The first-order valence-electron chi connectivity index (χ1n) is 5.10. The Bertz CT molecular complexity index is 392. The van der Waals surface area contributed by atoms with Crippen molar-refractivity contribution in [1.82, 2.24) is 0 Å². The third-order valence-corrected chi connectivity index (χ3v) is 2.21. The number of rotatable bonds is 3. The highest BCUT2D eigenvalue weighted by molar-refractivity contribution is 5.39. The molecule has 17 heavy (non-hydrogen) atoms. The summed E-state index contributed by atoms with van der Waals surface area (Å²) in [6.45, 7) is 3.19. The van der Waals surface area contributed by atoms with E-state index in [2.05, 4.69) is 0 Å². The summed E-state index contributed by atoms with van der Waals surface area (Å²) in [6.07, 6.45) is -4.17. The molecule has 96 valence electrons. The zero-order valence-corrected chi connectivity index (χ0v) is 9.93. The van der Waals surface area contributed by atoms with Crippen molar-refractivity contribution in [3.05, 3.63) is 29.3 Å². The third kappa shape index (κ3) is 3.93. The molecule has 0 radical (unpaired) electrons. The summed E-state index contributed by atoms with van der Waals surface area (Å²) in [5, 5.41) is 9.60. The lowest BCUT2D eigenvalue weighted by Crippen LogP contribution is -2.22. The van der Waals surface area contributed by atoms with Crippen molar-refractivity contribution < 1.29 is 23.0 Å². The van der Waals surface area contributed by atoms with E-state index in [-0.39, 0.29) is 12.2 Å². The fourth-order valence-corrected chi connectivity index (χ4v) is 1.58. The van der Waals surface area contributed by atoms with Gasteiger partial charge in [0, 0.05) is 6.42 Å². The number of ether oxygens (including phenoxy) is 1. The lowest BCUT2D eigenvalue weighted by atomic mass is 9.97. The van der Waals surface area contributed by atoms with Crippen LogP contribution in [-0.4, -0.2) is 17.8 Å². The van der Waals surface area contributed by atoms with Crippen LogP contribution in [0.3, 0.4) is 0 Å². The summed E-state index contributed by atoms with van der Waals surface area (Å²) in [4.78, 5) is 0. The van der Waals surface area contributed by atoms with E-state index in [9.17, 15) is 18.3 Å². The molecule has 0 bridgehead atoms. The van der Waals surface area contributed by atoms with E-state index in [4.69, 9.17) is 4.74 Å². The van der Waals surface area contributed by atoms with Gasteiger partial charge in [-0.2, -0.15) is 13.2 Å². The summed E-state index contributed by atoms with van der Waals surface area (Å²) < 4.78 is 42.5. The van der Waals surface area contributed by atoms with E-state index in [0.717, 1.165) is 6.07 Å². The van der Waals surface area contributed by atoms with E-state index in [1.807, 2.05) is 0 Å². The van der Waals surface area contributed by atoms with Gasteiger partial charge in [-0.25, -0.2) is 0 Å². The highest BCUT2D eigenvalue weighted by Crippen LogP contribution is 2.36. The van der Waals surface area contributed by atoms with Crippen molar-refractivity contribution in [2.24, 2.45) is 0 Å². The van der Waals surface area contributed by atoms with Crippen molar-refractivity contribution in [1.29, 1.82) is 0 Å². The molecule has 0 amide bonds. The van der Waals surface area contributed by atoms with Crippen molar-refractivity contribution in [3.8, 4) is 5.75 Å². The normalized spacial score (nSPS) is 12.6. The Morgan fingerprint density at radius 2 is 1.82 bits per heavy atom. The molecule has 1 N–H and O–H groups in total. The molecule has 0 aliphatic heterocycles. The Balaban J connectivity index is 3.09. The van der Waals surface area contributed by atoms with Crippen LogP contribution in [0.1, 0.15) is 25.0 Å². The summed E-state index contributed by atoms with van der Waals surface area (Å²) in [5.41, 5.74) is -1.17. The van der Waals surface area contributed by atoms with E-state index in [1.54, 1.807) is 13.8 Å². The van der Waals surface area contributed by atoms with Gasteiger partial charge in [-0.1, -0.05) is 6.07 Å². The molecule has 0 heterocycles. The minimum absolute atomic E-state index is 0.223. The van der Waals surface area contributed by atoms with Crippen molar-refractivity contribution in [2.45, 2.75) is 32.0 Å². The van der Waals surface area contributed by atoms with E-state index >= 15 is 0 Å². The first kappa shape index (κ1) is 13.8. The highest BCUT2D eigenvalue weighted by Gasteiger charge is 2.34. The predicted molar refractivity (Wildman–Crippen MR) is 58.0 cm³/mol. The molecule has 0 aromatic heterocycles. The first-order chi connectivity index (χ1) is 7.63. The number of hydrogen-bond donors (Lipinski definition) is 1. The molecule has 0 fully saturated rings. The van der Waals surface area contributed by atoms with Gasteiger partial charge in [-0.3, -0.25) is 0 Å². The van der Waals surface area contributed by atoms with E-state index in [1.165, 1.54) is 19.2 Å². The van der Waals surface area contributed by atoms with Gasteiger partial charge in [-0.15, -0.1) is 0 Å². The number of hydrogen-bond acceptors (Lipinski definition) is 2. The lowest BCUT2D eigenvalue weighted by Gasteiger charge is -2.18. The Hall–Kier alpha value is -1.23. The summed E-state index contributed by atoms with van der Waals surface area (Å²) in [7, 11) is 1.19. The Kier molecular flexibility index (Phi) is 3.71. The Morgan fingerprint density at radius 3 is 2.24 bits per heavy atom. The smallest absolute Gasteiger partial charge is 0.419 e. The van der Waals surface area contributed by atoms with E-state index in [0.29, 0.717) is 5.56 Å². The van der Waals surface area contributed by atoms with Gasteiger partial charge < -0.3 is 9.84 Å². The molecular formula is C12H15F3O2. The average Bonchev–Trinajstić information content (AvgIpc) is 2.13. The largest absolute Gasteiger partial charge is 0.496 e. The fourth-order valence-electron chi connectivity index (χ4n) is 1.58. The lowest BCUT2D eigenvalue weighted by molar-refractivity contribution is -0.138. The Labute approximate surface area is 98.0 Å². The van der Waals surface area contributed by atoms with Gasteiger partial charge in [0.1, 0.15) is 5.75 Å². The zero-order chi connectivity index (χ0) is 13.3. The first-order valence-corrected chi connectivity index (χ1v) is 5.10. The number of halogens is 3. The number of aliphatic hydroxyl groups is 1. The molecule has 1 aromatic rings. The van der Waals surface area contributed by atoms with Crippen LogP contribution in [-0.2, 0) is 12.6 Å². The third-order valence-electron chi connectivity index (χ3n) is 2.21. The zero-order valence-electron chi connectivity index (χ0n) is 9.93. The molecule has 0 unspecified atom stereocenters. The topological polar surface area (TPSA) is 29.5 Å². The fraction of sp³-hybridized carbons (Fsp3) is 0.500. The molecule has 0 aliphatic rings. The molecule has 1 rings (SSSR count). The highest BCUT2D eigenvalue weighted by atomic mass is 19.4. The molecule has 0 saturated heterocycles. The minimum Gasteiger partial charge on any atom is -0.496 e. The maximum atomic E-state index is 12.6. The number of methoxy groups -OCH3 is 1. The molecule has 5 heteroatoms. The minimum atomic E-state index is -4.43.